The van der Waals surface area contributed by atoms with Gasteiger partial charge in [-0.15, -0.1) is 0 Å². The van der Waals surface area contributed by atoms with E-state index >= 15 is 0 Å². The first kappa shape index (κ1) is 13.7. The molecule has 2 aromatic rings. The van der Waals surface area contributed by atoms with Crippen molar-refractivity contribution in [1.29, 1.82) is 0 Å². The highest BCUT2D eigenvalue weighted by molar-refractivity contribution is 9.10. The number of rotatable bonds is 4. The number of carboxylic acids is 1. The molecule has 0 amide bonds. The summed E-state index contributed by atoms with van der Waals surface area (Å²) in [7, 11) is 0. The van der Waals surface area contributed by atoms with Crippen LogP contribution in [0.1, 0.15) is 27.4 Å². The average molecular weight is 324 g/mol. The summed E-state index contributed by atoms with van der Waals surface area (Å²) >= 11 is 3.46. The minimum atomic E-state index is -1.04. The van der Waals surface area contributed by atoms with Crippen molar-refractivity contribution < 1.29 is 14.3 Å². The number of aryl methyl sites for hydroxylation is 2. The molecule has 5 heteroatoms. The zero-order valence-corrected chi connectivity index (χ0v) is 12.2. The van der Waals surface area contributed by atoms with Crippen LogP contribution in [-0.2, 0) is 6.54 Å². The summed E-state index contributed by atoms with van der Waals surface area (Å²) in [5.41, 5.74) is 2.73. The van der Waals surface area contributed by atoms with Gasteiger partial charge in [-0.3, -0.25) is 0 Å². The van der Waals surface area contributed by atoms with Gasteiger partial charge in [-0.05, 0) is 53.5 Å². The standard InChI is InChI=1S/C14H14BrNO3/c1-8-3-4-11(15)12(5-8)16-7-10-6-9(2)13(19-10)14(17)18/h3-6,16H,7H2,1-2H3,(H,17,18). The van der Waals surface area contributed by atoms with Crippen molar-refractivity contribution in [3.63, 3.8) is 0 Å². The van der Waals surface area contributed by atoms with Crippen LogP contribution >= 0.6 is 15.9 Å². The van der Waals surface area contributed by atoms with Crippen molar-refractivity contribution in [3.05, 3.63) is 51.4 Å². The number of anilines is 1. The normalized spacial score (nSPS) is 10.5. The third kappa shape index (κ3) is 3.17. The molecule has 1 heterocycles. The third-order valence-corrected chi connectivity index (χ3v) is 3.43. The molecule has 0 spiro atoms. The van der Waals surface area contributed by atoms with Crippen molar-refractivity contribution in [2.24, 2.45) is 0 Å². The van der Waals surface area contributed by atoms with Gasteiger partial charge in [0.05, 0.1) is 6.54 Å². The number of hydrogen-bond acceptors (Lipinski definition) is 3. The summed E-state index contributed by atoms with van der Waals surface area (Å²) < 4.78 is 6.25. The van der Waals surface area contributed by atoms with Gasteiger partial charge in [0.2, 0.25) is 5.76 Å². The summed E-state index contributed by atoms with van der Waals surface area (Å²) in [5.74, 6) is -0.441. The Labute approximate surface area is 119 Å². The molecule has 1 aromatic heterocycles. The maximum absolute atomic E-state index is 10.9. The maximum atomic E-state index is 10.9. The lowest BCUT2D eigenvalue weighted by molar-refractivity contribution is 0.0659. The first-order chi connectivity index (χ1) is 8.97. The van der Waals surface area contributed by atoms with Gasteiger partial charge < -0.3 is 14.8 Å². The fraction of sp³-hybridized carbons (Fsp3) is 0.214. The van der Waals surface area contributed by atoms with Gasteiger partial charge in [0.25, 0.3) is 0 Å². The van der Waals surface area contributed by atoms with E-state index in [9.17, 15) is 4.79 Å². The second kappa shape index (κ2) is 5.48. The molecule has 100 valence electrons. The van der Waals surface area contributed by atoms with E-state index in [1.165, 1.54) is 0 Å². The largest absolute Gasteiger partial charge is 0.475 e. The molecule has 0 radical (unpaired) electrons. The van der Waals surface area contributed by atoms with Crippen molar-refractivity contribution >= 4 is 27.6 Å². The van der Waals surface area contributed by atoms with Crippen LogP contribution in [0.4, 0.5) is 5.69 Å². The predicted octanol–water partition coefficient (Wildman–Crippen LogP) is 3.97. The van der Waals surface area contributed by atoms with Crippen LogP contribution in [0.5, 0.6) is 0 Å². The van der Waals surface area contributed by atoms with E-state index in [-0.39, 0.29) is 5.76 Å². The summed E-state index contributed by atoms with van der Waals surface area (Å²) in [6.07, 6.45) is 0. The summed E-state index contributed by atoms with van der Waals surface area (Å²) in [6.45, 7) is 4.17. The van der Waals surface area contributed by atoms with E-state index < -0.39 is 5.97 Å². The molecule has 0 atom stereocenters. The Morgan fingerprint density at radius 3 is 2.74 bits per heavy atom. The maximum Gasteiger partial charge on any atom is 0.372 e. The van der Waals surface area contributed by atoms with Crippen LogP contribution in [0.15, 0.2) is 33.2 Å². The van der Waals surface area contributed by atoms with E-state index in [1.54, 1.807) is 13.0 Å². The third-order valence-electron chi connectivity index (χ3n) is 2.74. The number of aromatic carboxylic acids is 1. The smallest absolute Gasteiger partial charge is 0.372 e. The van der Waals surface area contributed by atoms with Crippen molar-refractivity contribution in [2.45, 2.75) is 20.4 Å². The van der Waals surface area contributed by atoms with E-state index in [4.69, 9.17) is 9.52 Å². The Morgan fingerprint density at radius 1 is 1.37 bits per heavy atom. The van der Waals surface area contributed by atoms with E-state index in [1.807, 2.05) is 25.1 Å². The molecule has 0 aliphatic carbocycles. The van der Waals surface area contributed by atoms with E-state index in [0.29, 0.717) is 17.9 Å². The SMILES string of the molecule is Cc1ccc(Br)c(NCc2cc(C)c(C(=O)O)o2)c1. The minimum absolute atomic E-state index is 0.0000999. The van der Waals surface area contributed by atoms with Crippen molar-refractivity contribution in [3.8, 4) is 0 Å². The number of nitrogens with one attached hydrogen (secondary N) is 1. The minimum Gasteiger partial charge on any atom is -0.475 e. The first-order valence-electron chi connectivity index (χ1n) is 5.80. The molecule has 19 heavy (non-hydrogen) atoms. The molecule has 0 aliphatic heterocycles. The van der Waals surface area contributed by atoms with Gasteiger partial charge in [-0.25, -0.2) is 4.79 Å². The number of carbonyl (C=O) groups is 1. The van der Waals surface area contributed by atoms with Gasteiger partial charge in [0.1, 0.15) is 5.76 Å². The Hall–Kier alpha value is -1.75. The summed E-state index contributed by atoms with van der Waals surface area (Å²) in [6, 6.07) is 7.72. The molecule has 2 N–H and O–H groups in total. The number of furan rings is 1. The van der Waals surface area contributed by atoms with Crippen molar-refractivity contribution in [1.82, 2.24) is 0 Å². The zero-order valence-electron chi connectivity index (χ0n) is 10.7. The highest BCUT2D eigenvalue weighted by Gasteiger charge is 2.14. The van der Waals surface area contributed by atoms with E-state index in [2.05, 4.69) is 21.2 Å². The molecule has 0 saturated carbocycles. The molecule has 0 unspecified atom stereocenters. The van der Waals surface area contributed by atoms with Crippen LogP contribution in [0.3, 0.4) is 0 Å². The Balaban J connectivity index is 2.12. The Bertz CT molecular complexity index is 619. The summed E-state index contributed by atoms with van der Waals surface area (Å²) in [4.78, 5) is 10.9. The van der Waals surface area contributed by atoms with E-state index in [0.717, 1.165) is 15.7 Å². The lowest BCUT2D eigenvalue weighted by atomic mass is 10.2. The molecule has 1 aromatic carbocycles. The molecular formula is C14H14BrNO3. The number of halogens is 1. The molecule has 0 bridgehead atoms. The fourth-order valence-corrected chi connectivity index (χ4v) is 2.19. The zero-order chi connectivity index (χ0) is 14.0. The van der Waals surface area contributed by atoms with Gasteiger partial charge in [-0.1, -0.05) is 6.07 Å². The van der Waals surface area contributed by atoms with Crippen LogP contribution in [0.2, 0.25) is 0 Å². The highest BCUT2D eigenvalue weighted by Crippen LogP contribution is 2.24. The van der Waals surface area contributed by atoms with Crippen LogP contribution < -0.4 is 5.32 Å². The van der Waals surface area contributed by atoms with Gasteiger partial charge >= 0.3 is 5.97 Å². The van der Waals surface area contributed by atoms with Gasteiger partial charge in [0, 0.05) is 15.7 Å². The number of carboxylic acid groups (broad SMARTS) is 1. The quantitative estimate of drug-likeness (QED) is 0.893. The van der Waals surface area contributed by atoms with Crippen LogP contribution in [-0.4, -0.2) is 11.1 Å². The number of benzene rings is 1. The topological polar surface area (TPSA) is 62.5 Å². The average Bonchev–Trinajstić information content (AvgIpc) is 2.72. The predicted molar refractivity (Wildman–Crippen MR) is 76.6 cm³/mol. The van der Waals surface area contributed by atoms with Gasteiger partial charge in [-0.2, -0.15) is 0 Å². The lowest BCUT2D eigenvalue weighted by Gasteiger charge is -2.07. The molecule has 0 aliphatic rings. The molecule has 2 rings (SSSR count). The van der Waals surface area contributed by atoms with Crippen LogP contribution in [0.25, 0.3) is 0 Å². The Kier molecular flexibility index (Phi) is 3.95. The highest BCUT2D eigenvalue weighted by atomic mass is 79.9. The molecule has 0 fully saturated rings. The first-order valence-corrected chi connectivity index (χ1v) is 6.59. The summed E-state index contributed by atoms with van der Waals surface area (Å²) in [5, 5.41) is 12.1. The number of hydrogen-bond donors (Lipinski definition) is 2. The lowest BCUT2D eigenvalue weighted by Crippen LogP contribution is -1.99. The monoisotopic (exact) mass is 323 g/mol. The Morgan fingerprint density at radius 2 is 2.11 bits per heavy atom. The molecule has 4 nitrogen and oxygen atoms in total. The second-order valence-corrected chi connectivity index (χ2v) is 5.22. The second-order valence-electron chi connectivity index (χ2n) is 4.37. The fourth-order valence-electron chi connectivity index (χ4n) is 1.80. The van der Waals surface area contributed by atoms with Gasteiger partial charge in [0.15, 0.2) is 0 Å². The van der Waals surface area contributed by atoms with Crippen LogP contribution in [0, 0.1) is 13.8 Å². The van der Waals surface area contributed by atoms with Crippen molar-refractivity contribution in [2.75, 3.05) is 5.32 Å². The molecular weight excluding hydrogens is 310 g/mol. The molecule has 0 saturated heterocycles.